The van der Waals surface area contributed by atoms with Gasteiger partial charge in [-0.1, -0.05) is 18.2 Å². The first-order valence-electron chi connectivity index (χ1n) is 4.51. The van der Waals surface area contributed by atoms with Crippen LogP contribution in [0.5, 0.6) is 0 Å². The summed E-state index contributed by atoms with van der Waals surface area (Å²) in [6, 6.07) is 0. The van der Waals surface area contributed by atoms with Crippen molar-refractivity contribution in [3.8, 4) is 0 Å². The SMILES string of the molecule is C[C@H]1C[C@H](O)[C@H](O)C=CC=CC(=O)O1. The van der Waals surface area contributed by atoms with Gasteiger partial charge in [-0.2, -0.15) is 0 Å². The van der Waals surface area contributed by atoms with E-state index in [1.807, 2.05) is 0 Å². The quantitative estimate of drug-likeness (QED) is 0.544. The number of aliphatic hydroxyl groups excluding tert-OH is 2. The zero-order chi connectivity index (χ0) is 10.6. The molecular weight excluding hydrogens is 184 g/mol. The van der Waals surface area contributed by atoms with E-state index in [1.54, 1.807) is 6.92 Å². The van der Waals surface area contributed by atoms with Crippen molar-refractivity contribution in [3.63, 3.8) is 0 Å². The molecule has 4 heteroatoms. The van der Waals surface area contributed by atoms with E-state index in [0.29, 0.717) is 0 Å². The van der Waals surface area contributed by atoms with Crippen molar-refractivity contribution in [2.24, 2.45) is 0 Å². The molecule has 14 heavy (non-hydrogen) atoms. The molecule has 0 unspecified atom stereocenters. The van der Waals surface area contributed by atoms with E-state index in [-0.39, 0.29) is 6.42 Å². The monoisotopic (exact) mass is 198 g/mol. The third kappa shape index (κ3) is 3.32. The van der Waals surface area contributed by atoms with E-state index in [1.165, 1.54) is 24.3 Å². The molecule has 0 spiro atoms. The van der Waals surface area contributed by atoms with Gasteiger partial charge in [0, 0.05) is 12.5 Å². The molecule has 0 saturated carbocycles. The van der Waals surface area contributed by atoms with Crippen molar-refractivity contribution in [2.45, 2.75) is 31.7 Å². The van der Waals surface area contributed by atoms with Gasteiger partial charge in [0.05, 0.1) is 12.2 Å². The lowest BCUT2D eigenvalue weighted by atomic mass is 10.1. The minimum absolute atomic E-state index is 0.227. The van der Waals surface area contributed by atoms with E-state index in [2.05, 4.69) is 0 Å². The Bertz CT molecular complexity index is 257. The van der Waals surface area contributed by atoms with Crippen LogP contribution in [0.2, 0.25) is 0 Å². The standard InChI is InChI=1S/C10H14O4/c1-7-6-9(12)8(11)4-2-3-5-10(13)14-7/h2-5,7-9,11-12H,6H2,1H3/t7-,8+,9-/m0/s1. The van der Waals surface area contributed by atoms with Gasteiger partial charge in [0.2, 0.25) is 0 Å². The fraction of sp³-hybridized carbons (Fsp3) is 0.500. The average molecular weight is 198 g/mol. The maximum atomic E-state index is 11.0. The van der Waals surface area contributed by atoms with Gasteiger partial charge in [-0.25, -0.2) is 4.79 Å². The lowest BCUT2D eigenvalue weighted by Crippen LogP contribution is -2.29. The van der Waals surface area contributed by atoms with Crippen LogP contribution in [0.4, 0.5) is 0 Å². The normalized spacial score (nSPS) is 33.9. The van der Waals surface area contributed by atoms with Gasteiger partial charge >= 0.3 is 5.97 Å². The lowest BCUT2D eigenvalue weighted by molar-refractivity contribution is -0.144. The minimum Gasteiger partial charge on any atom is -0.459 e. The third-order valence-electron chi connectivity index (χ3n) is 1.94. The second kappa shape index (κ2) is 4.93. The van der Waals surface area contributed by atoms with E-state index in [9.17, 15) is 15.0 Å². The largest absolute Gasteiger partial charge is 0.459 e. The molecular formula is C10H14O4. The number of esters is 1. The summed E-state index contributed by atoms with van der Waals surface area (Å²) in [4.78, 5) is 11.0. The van der Waals surface area contributed by atoms with Crippen LogP contribution >= 0.6 is 0 Å². The number of rotatable bonds is 0. The van der Waals surface area contributed by atoms with Crippen molar-refractivity contribution >= 4 is 5.97 Å². The van der Waals surface area contributed by atoms with Crippen LogP contribution in [0.15, 0.2) is 24.3 Å². The van der Waals surface area contributed by atoms with Crippen molar-refractivity contribution in [1.82, 2.24) is 0 Å². The molecule has 2 N–H and O–H groups in total. The number of hydrogen-bond acceptors (Lipinski definition) is 4. The molecule has 0 aromatic heterocycles. The summed E-state index contributed by atoms with van der Waals surface area (Å²) < 4.78 is 4.91. The smallest absolute Gasteiger partial charge is 0.331 e. The van der Waals surface area contributed by atoms with Gasteiger partial charge < -0.3 is 14.9 Å². The van der Waals surface area contributed by atoms with Gasteiger partial charge in [-0.3, -0.25) is 0 Å². The first-order chi connectivity index (χ1) is 6.59. The molecule has 0 radical (unpaired) electrons. The number of aliphatic hydroxyl groups is 2. The number of cyclic esters (lactones) is 1. The summed E-state index contributed by atoms with van der Waals surface area (Å²) in [5.41, 5.74) is 0. The highest BCUT2D eigenvalue weighted by Gasteiger charge is 2.19. The molecule has 0 aromatic carbocycles. The molecule has 1 aliphatic rings. The van der Waals surface area contributed by atoms with Crippen LogP contribution in [0, 0.1) is 0 Å². The number of ether oxygens (including phenoxy) is 1. The molecule has 1 heterocycles. The van der Waals surface area contributed by atoms with E-state index in [0.717, 1.165) is 0 Å². The van der Waals surface area contributed by atoms with Crippen LogP contribution < -0.4 is 0 Å². The van der Waals surface area contributed by atoms with Crippen LogP contribution in [-0.4, -0.2) is 34.5 Å². The molecule has 3 atom stereocenters. The third-order valence-corrected chi connectivity index (χ3v) is 1.94. The van der Waals surface area contributed by atoms with E-state index >= 15 is 0 Å². The summed E-state index contributed by atoms with van der Waals surface area (Å²) >= 11 is 0. The molecule has 1 aliphatic heterocycles. The highest BCUT2D eigenvalue weighted by molar-refractivity contribution is 5.82. The first-order valence-corrected chi connectivity index (χ1v) is 4.51. The molecule has 0 aliphatic carbocycles. The summed E-state index contributed by atoms with van der Waals surface area (Å²) in [7, 11) is 0. The van der Waals surface area contributed by atoms with Gasteiger partial charge in [0.25, 0.3) is 0 Å². The fourth-order valence-electron chi connectivity index (χ4n) is 1.21. The van der Waals surface area contributed by atoms with E-state index < -0.39 is 24.3 Å². The predicted molar refractivity (Wildman–Crippen MR) is 50.5 cm³/mol. The molecule has 0 aromatic rings. The molecule has 0 bridgehead atoms. The molecule has 0 amide bonds. The van der Waals surface area contributed by atoms with Crippen LogP contribution in [0.1, 0.15) is 13.3 Å². The van der Waals surface area contributed by atoms with Crippen molar-refractivity contribution in [2.75, 3.05) is 0 Å². The van der Waals surface area contributed by atoms with Crippen LogP contribution in [-0.2, 0) is 9.53 Å². The summed E-state index contributed by atoms with van der Waals surface area (Å²) in [6.45, 7) is 1.67. The summed E-state index contributed by atoms with van der Waals surface area (Å²) in [5, 5.41) is 18.8. The van der Waals surface area contributed by atoms with Crippen molar-refractivity contribution in [1.29, 1.82) is 0 Å². The maximum absolute atomic E-state index is 11.0. The minimum atomic E-state index is -0.918. The summed E-state index contributed by atoms with van der Waals surface area (Å²) in [6.07, 6.45) is 3.69. The van der Waals surface area contributed by atoms with E-state index in [4.69, 9.17) is 4.74 Å². The van der Waals surface area contributed by atoms with Crippen molar-refractivity contribution < 1.29 is 19.7 Å². The Labute approximate surface area is 82.5 Å². The molecule has 78 valence electrons. The van der Waals surface area contributed by atoms with Gasteiger partial charge in [-0.05, 0) is 6.92 Å². The Morgan fingerprint density at radius 1 is 1.43 bits per heavy atom. The first kappa shape index (κ1) is 10.9. The zero-order valence-corrected chi connectivity index (χ0v) is 7.96. The predicted octanol–water partition coefficient (Wildman–Crippen LogP) is 0.156. The number of carbonyl (C=O) groups is 1. The Balaban J connectivity index is 2.73. The van der Waals surface area contributed by atoms with Gasteiger partial charge in [-0.15, -0.1) is 0 Å². The second-order valence-electron chi connectivity index (χ2n) is 3.29. The fourth-order valence-corrected chi connectivity index (χ4v) is 1.21. The Kier molecular flexibility index (Phi) is 3.85. The Morgan fingerprint density at radius 2 is 2.14 bits per heavy atom. The Morgan fingerprint density at radius 3 is 2.86 bits per heavy atom. The lowest BCUT2D eigenvalue weighted by Gasteiger charge is -2.19. The van der Waals surface area contributed by atoms with Gasteiger partial charge in [0.15, 0.2) is 0 Å². The molecule has 0 saturated heterocycles. The maximum Gasteiger partial charge on any atom is 0.331 e. The second-order valence-corrected chi connectivity index (χ2v) is 3.29. The molecule has 4 nitrogen and oxygen atoms in total. The number of hydrogen-bond donors (Lipinski definition) is 2. The highest BCUT2D eigenvalue weighted by Crippen LogP contribution is 2.09. The zero-order valence-electron chi connectivity index (χ0n) is 7.96. The highest BCUT2D eigenvalue weighted by atomic mass is 16.5. The topological polar surface area (TPSA) is 66.8 Å². The molecule has 1 rings (SSSR count). The van der Waals surface area contributed by atoms with Gasteiger partial charge in [0.1, 0.15) is 6.10 Å². The number of carbonyl (C=O) groups excluding carboxylic acids is 1. The number of allylic oxidation sites excluding steroid dienone is 2. The van der Waals surface area contributed by atoms with Crippen LogP contribution in [0.3, 0.4) is 0 Å². The van der Waals surface area contributed by atoms with Crippen LogP contribution in [0.25, 0.3) is 0 Å². The Hall–Kier alpha value is -1.13. The average Bonchev–Trinajstić information content (AvgIpc) is 2.10. The van der Waals surface area contributed by atoms with Crippen molar-refractivity contribution in [3.05, 3.63) is 24.3 Å². The summed E-state index contributed by atoms with van der Waals surface area (Å²) in [5.74, 6) is -0.439. The molecule has 0 fully saturated rings.